The molecule has 8 heteroatoms. The zero-order valence-corrected chi connectivity index (χ0v) is 17.0. The fraction of sp³-hybridized carbons (Fsp3) is 0.200. The van der Waals surface area contributed by atoms with Crippen LogP contribution in [-0.4, -0.2) is 33.2 Å². The van der Waals surface area contributed by atoms with Gasteiger partial charge < -0.3 is 10.1 Å². The van der Waals surface area contributed by atoms with Gasteiger partial charge in [0, 0.05) is 22.2 Å². The van der Waals surface area contributed by atoms with E-state index in [1.165, 1.54) is 17.6 Å². The highest BCUT2D eigenvalue weighted by Crippen LogP contribution is 2.29. The van der Waals surface area contributed by atoms with Crippen molar-refractivity contribution in [2.45, 2.75) is 12.7 Å². The predicted octanol–water partition coefficient (Wildman–Crippen LogP) is 3.87. The number of thiophene rings is 1. The maximum absolute atomic E-state index is 12.4. The van der Waals surface area contributed by atoms with Crippen molar-refractivity contribution >= 4 is 48.8 Å². The fourth-order valence-electron chi connectivity index (χ4n) is 2.68. The lowest BCUT2D eigenvalue weighted by molar-refractivity contribution is 0.0532. The van der Waals surface area contributed by atoms with E-state index in [4.69, 9.17) is 4.74 Å². The van der Waals surface area contributed by atoms with E-state index in [0.717, 1.165) is 10.1 Å². The monoisotopic (exact) mass is 417 g/mol. The second kappa shape index (κ2) is 8.12. The van der Waals surface area contributed by atoms with Crippen LogP contribution in [0.3, 0.4) is 0 Å². The zero-order chi connectivity index (χ0) is 20.3. The zero-order valence-electron chi connectivity index (χ0n) is 15.4. The molecule has 0 atom stereocenters. The number of carbonyl (C=O) groups excluding carboxylic acids is 2. The molecule has 0 unspecified atom stereocenters. The molecule has 2 aromatic carbocycles. The summed E-state index contributed by atoms with van der Waals surface area (Å²) in [6.07, 6.45) is 1.17. The Kier molecular flexibility index (Phi) is 5.81. The van der Waals surface area contributed by atoms with E-state index in [1.54, 1.807) is 49.4 Å². The molecule has 3 rings (SSSR count). The maximum atomic E-state index is 12.4. The molecule has 3 aromatic rings. The summed E-state index contributed by atoms with van der Waals surface area (Å²) in [5.74, 6) is -0.721. The Hall–Kier alpha value is -2.71. The Labute approximate surface area is 167 Å². The first-order valence-electron chi connectivity index (χ1n) is 8.54. The molecule has 0 saturated carbocycles. The third kappa shape index (κ3) is 4.96. The van der Waals surface area contributed by atoms with E-state index in [-0.39, 0.29) is 17.6 Å². The molecule has 6 nitrogen and oxygen atoms in total. The highest BCUT2D eigenvalue weighted by Gasteiger charge is 2.13. The molecule has 28 heavy (non-hydrogen) atoms. The molecule has 0 saturated heterocycles. The molecule has 0 aliphatic heterocycles. The Bertz CT molecular complexity index is 1130. The van der Waals surface area contributed by atoms with E-state index in [9.17, 15) is 18.0 Å². The first kappa shape index (κ1) is 20.0. The molecule has 0 spiro atoms. The van der Waals surface area contributed by atoms with Crippen LogP contribution in [0.2, 0.25) is 0 Å². The number of fused-ring (bicyclic) bond motifs is 1. The number of carbonyl (C=O) groups is 2. The van der Waals surface area contributed by atoms with E-state index in [0.29, 0.717) is 28.3 Å². The number of esters is 1. The van der Waals surface area contributed by atoms with Crippen LogP contribution in [0.15, 0.2) is 48.5 Å². The lowest BCUT2D eigenvalue weighted by Gasteiger charge is -2.06. The molecule has 146 valence electrons. The molecule has 1 heterocycles. The molecule has 0 fully saturated rings. The summed E-state index contributed by atoms with van der Waals surface area (Å²) in [5, 5.41) is 3.65. The number of hydrogen-bond acceptors (Lipinski definition) is 6. The van der Waals surface area contributed by atoms with Gasteiger partial charge in [-0.25, -0.2) is 13.2 Å². The number of anilines is 1. The van der Waals surface area contributed by atoms with Crippen molar-refractivity contribution in [1.82, 2.24) is 0 Å². The largest absolute Gasteiger partial charge is 0.462 e. The van der Waals surface area contributed by atoms with Gasteiger partial charge in [0.1, 0.15) is 4.88 Å². The summed E-state index contributed by atoms with van der Waals surface area (Å²) < 4.78 is 28.6. The van der Waals surface area contributed by atoms with Crippen LogP contribution >= 0.6 is 11.3 Å². The summed E-state index contributed by atoms with van der Waals surface area (Å²) in [6, 6.07) is 13.6. The van der Waals surface area contributed by atoms with Gasteiger partial charge in [0.25, 0.3) is 5.91 Å². The predicted molar refractivity (Wildman–Crippen MR) is 111 cm³/mol. The van der Waals surface area contributed by atoms with Gasteiger partial charge in [-0.1, -0.05) is 12.1 Å². The molecule has 0 bridgehead atoms. The summed E-state index contributed by atoms with van der Waals surface area (Å²) >= 11 is 1.34. The normalized spacial score (nSPS) is 11.4. The summed E-state index contributed by atoms with van der Waals surface area (Å²) in [6.45, 7) is 2.07. The molecular formula is C20H19NO5S2. The maximum Gasteiger partial charge on any atom is 0.348 e. The molecular weight excluding hydrogens is 398 g/mol. The van der Waals surface area contributed by atoms with Crippen molar-refractivity contribution < 1.29 is 22.7 Å². The number of ether oxygens (including phenoxy) is 1. The minimum Gasteiger partial charge on any atom is -0.462 e. The van der Waals surface area contributed by atoms with Crippen molar-refractivity contribution in [2.24, 2.45) is 0 Å². The number of rotatable bonds is 6. The molecule has 0 aliphatic carbocycles. The fourth-order valence-corrected chi connectivity index (χ4v) is 4.42. The van der Waals surface area contributed by atoms with Gasteiger partial charge in [-0.15, -0.1) is 11.3 Å². The molecule has 1 N–H and O–H groups in total. The molecule has 0 radical (unpaired) electrons. The molecule has 1 aromatic heterocycles. The van der Waals surface area contributed by atoms with Crippen LogP contribution in [0.4, 0.5) is 5.69 Å². The highest BCUT2D eigenvalue weighted by molar-refractivity contribution is 7.89. The van der Waals surface area contributed by atoms with Crippen LogP contribution in [-0.2, 0) is 20.3 Å². The Balaban J connectivity index is 1.74. The number of benzene rings is 2. The first-order valence-corrected chi connectivity index (χ1v) is 11.4. The van der Waals surface area contributed by atoms with Gasteiger partial charge in [-0.05, 0) is 54.3 Å². The van der Waals surface area contributed by atoms with Crippen molar-refractivity contribution in [3.63, 3.8) is 0 Å². The summed E-state index contributed by atoms with van der Waals surface area (Å²) in [7, 11) is -3.12. The topological polar surface area (TPSA) is 89.5 Å². The lowest BCUT2D eigenvalue weighted by atomic mass is 10.1. The van der Waals surface area contributed by atoms with E-state index in [2.05, 4.69) is 5.32 Å². The number of sulfone groups is 1. The SMILES string of the molecule is CCOC(=O)c1cc2cc(NC(=O)c3ccc(CS(C)(=O)=O)cc3)ccc2s1. The van der Waals surface area contributed by atoms with Gasteiger partial charge >= 0.3 is 5.97 Å². The van der Waals surface area contributed by atoms with Gasteiger partial charge in [0.15, 0.2) is 9.84 Å². The Morgan fingerprint density at radius 1 is 1.07 bits per heavy atom. The first-order chi connectivity index (χ1) is 13.2. The second-order valence-electron chi connectivity index (χ2n) is 6.30. The van der Waals surface area contributed by atoms with E-state index in [1.807, 2.05) is 6.07 Å². The number of hydrogen-bond donors (Lipinski definition) is 1. The average molecular weight is 418 g/mol. The van der Waals surface area contributed by atoms with Crippen LogP contribution in [0, 0.1) is 0 Å². The van der Waals surface area contributed by atoms with E-state index < -0.39 is 9.84 Å². The number of amides is 1. The van der Waals surface area contributed by atoms with Crippen molar-refractivity contribution in [3.8, 4) is 0 Å². The summed E-state index contributed by atoms with van der Waals surface area (Å²) in [5.41, 5.74) is 1.66. The van der Waals surface area contributed by atoms with E-state index >= 15 is 0 Å². The van der Waals surface area contributed by atoms with Gasteiger partial charge in [0.2, 0.25) is 0 Å². The molecule has 0 aliphatic rings. The minimum absolute atomic E-state index is 0.0630. The van der Waals surface area contributed by atoms with Crippen LogP contribution in [0.25, 0.3) is 10.1 Å². The third-order valence-electron chi connectivity index (χ3n) is 3.90. The van der Waals surface area contributed by atoms with Crippen LogP contribution in [0.1, 0.15) is 32.5 Å². The van der Waals surface area contributed by atoms with Crippen LogP contribution in [0.5, 0.6) is 0 Å². The van der Waals surface area contributed by atoms with Crippen molar-refractivity contribution in [2.75, 3.05) is 18.2 Å². The Morgan fingerprint density at radius 2 is 1.79 bits per heavy atom. The van der Waals surface area contributed by atoms with Crippen molar-refractivity contribution in [3.05, 3.63) is 64.5 Å². The highest BCUT2D eigenvalue weighted by atomic mass is 32.2. The average Bonchev–Trinajstić information content (AvgIpc) is 3.04. The summed E-state index contributed by atoms with van der Waals surface area (Å²) in [4.78, 5) is 24.8. The quantitative estimate of drug-likeness (QED) is 0.615. The standard InChI is InChI=1S/C20H19NO5S2/c1-3-26-20(23)18-11-15-10-16(8-9-17(15)27-18)21-19(22)14-6-4-13(5-7-14)12-28(2,24)25/h4-11H,3,12H2,1-2H3,(H,21,22). The Morgan fingerprint density at radius 3 is 2.43 bits per heavy atom. The van der Waals surface area contributed by atoms with Crippen LogP contribution < -0.4 is 5.32 Å². The second-order valence-corrected chi connectivity index (χ2v) is 9.53. The van der Waals surface area contributed by atoms with Gasteiger partial charge in [-0.3, -0.25) is 4.79 Å². The minimum atomic E-state index is -3.12. The third-order valence-corrected chi connectivity index (χ3v) is 5.85. The van der Waals surface area contributed by atoms with Gasteiger partial charge in [-0.2, -0.15) is 0 Å². The smallest absolute Gasteiger partial charge is 0.348 e. The van der Waals surface area contributed by atoms with Gasteiger partial charge in [0.05, 0.1) is 12.4 Å². The molecule has 1 amide bonds. The lowest BCUT2D eigenvalue weighted by Crippen LogP contribution is -2.12. The van der Waals surface area contributed by atoms with Crippen molar-refractivity contribution in [1.29, 1.82) is 0 Å². The number of nitrogens with one attached hydrogen (secondary N) is 1.